The fourth-order valence-electron chi connectivity index (χ4n) is 5.18. The topological polar surface area (TPSA) is 84.2 Å². The lowest BCUT2D eigenvalue weighted by Gasteiger charge is -2.20. The van der Waals surface area contributed by atoms with Crippen molar-refractivity contribution in [1.29, 1.82) is 0 Å². The van der Waals surface area contributed by atoms with E-state index < -0.39 is 0 Å². The van der Waals surface area contributed by atoms with Gasteiger partial charge < -0.3 is 16.4 Å². The average Bonchev–Trinajstić information content (AvgIpc) is 3.15. The number of nitrogens with two attached hydrogens (primary N) is 1. The number of rotatable bonds is 33. The summed E-state index contributed by atoms with van der Waals surface area (Å²) in [7, 11) is 0. The lowest BCUT2D eigenvalue weighted by Crippen LogP contribution is -2.44. The molecule has 314 valence electrons. The Labute approximate surface area is 329 Å². The molecule has 0 aliphatic carbocycles. The lowest BCUT2D eigenvalue weighted by atomic mass is 10.1. The number of unbranched alkanes of at least 4 members (excludes halogenated alkanes) is 23. The third-order valence-corrected chi connectivity index (χ3v) is 8.61. The van der Waals surface area contributed by atoms with Crippen molar-refractivity contribution in [2.75, 3.05) is 13.1 Å². The van der Waals surface area contributed by atoms with Gasteiger partial charge in [-0.15, -0.1) is 0 Å². The second-order valence-corrected chi connectivity index (χ2v) is 14.2. The number of nitrogens with one attached hydrogen (secondary N) is 2. The summed E-state index contributed by atoms with van der Waals surface area (Å²) >= 11 is 0. The van der Waals surface area contributed by atoms with Crippen molar-refractivity contribution in [3.05, 3.63) is 24.3 Å². The predicted molar refractivity (Wildman–Crippen MR) is 238 cm³/mol. The summed E-state index contributed by atoms with van der Waals surface area (Å²) in [5, 5.41) is 5.41. The van der Waals surface area contributed by atoms with Crippen LogP contribution in [0.2, 0.25) is 0 Å². The van der Waals surface area contributed by atoms with Crippen LogP contribution in [0.4, 0.5) is 0 Å². The highest BCUT2D eigenvalue weighted by Crippen LogP contribution is 2.11. The van der Waals surface area contributed by atoms with E-state index in [2.05, 4.69) is 55.7 Å². The molecular formula is C47H99N3O2. The third-order valence-electron chi connectivity index (χ3n) is 8.61. The Hall–Kier alpha value is -1.62. The molecule has 4 N–H and O–H groups in total. The fraction of sp³-hybridized carbons (Fsp3) is 0.872. The molecule has 0 aromatic heterocycles. The standard InChI is InChI=1S/C20H39NO.C18H36.C5H12N2O.2C2H6/c1-3-5-6-7-8-9-10-11-12-13-14-15-16-17-18-19-20(22)21-4-2;1-3-5-7-9-11-13-15-17-18-16-14-12-10-8-6-4-2;1-5(2,3-6)7-4-8;2*1-2/h11-12H,3-10,13-19H2,1-2H3,(H,21,22);17-18H,3-16H2,1-2H3;4H,3,6H2,1-2H3,(H,7,8);2*1-2H3/b12-11-;18-17-;;;. The molecule has 0 unspecified atom stereocenters. The first-order chi connectivity index (χ1) is 25.3. The number of hydrogen-bond acceptors (Lipinski definition) is 3. The Kier molecular flexibility index (Phi) is 67.3. The zero-order chi connectivity index (χ0) is 40.2. The molecule has 0 aromatic rings. The minimum absolute atomic E-state index is 0.208. The molecule has 52 heavy (non-hydrogen) atoms. The molecule has 0 saturated heterocycles. The Morgan fingerprint density at radius 1 is 0.500 bits per heavy atom. The molecule has 0 radical (unpaired) electrons. The van der Waals surface area contributed by atoms with Gasteiger partial charge in [0.25, 0.3) is 0 Å². The van der Waals surface area contributed by atoms with Crippen LogP contribution < -0.4 is 16.4 Å². The van der Waals surface area contributed by atoms with Gasteiger partial charge in [-0.25, -0.2) is 0 Å². The van der Waals surface area contributed by atoms with Crippen LogP contribution in [0, 0.1) is 0 Å². The van der Waals surface area contributed by atoms with E-state index in [0.717, 1.165) is 13.0 Å². The molecule has 0 spiro atoms. The van der Waals surface area contributed by atoms with E-state index in [0.29, 0.717) is 19.4 Å². The van der Waals surface area contributed by atoms with Gasteiger partial charge in [0.05, 0.1) is 0 Å². The van der Waals surface area contributed by atoms with Gasteiger partial charge in [0.2, 0.25) is 12.3 Å². The largest absolute Gasteiger partial charge is 0.356 e. The highest BCUT2D eigenvalue weighted by Gasteiger charge is 2.11. The molecular weight excluding hydrogens is 639 g/mol. The van der Waals surface area contributed by atoms with E-state index in [1.54, 1.807) is 0 Å². The van der Waals surface area contributed by atoms with Crippen molar-refractivity contribution in [2.45, 2.75) is 255 Å². The fourth-order valence-corrected chi connectivity index (χ4v) is 5.18. The van der Waals surface area contributed by atoms with Crippen LogP contribution in [0.3, 0.4) is 0 Å². The number of allylic oxidation sites excluding steroid dienone is 4. The van der Waals surface area contributed by atoms with Gasteiger partial charge in [-0.2, -0.15) is 0 Å². The summed E-state index contributed by atoms with van der Waals surface area (Å²) in [5.41, 5.74) is 5.02. The van der Waals surface area contributed by atoms with Crippen LogP contribution in [0.15, 0.2) is 24.3 Å². The molecule has 2 amide bonds. The van der Waals surface area contributed by atoms with Crippen LogP contribution >= 0.6 is 0 Å². The van der Waals surface area contributed by atoms with E-state index in [1.807, 2.05) is 48.5 Å². The van der Waals surface area contributed by atoms with E-state index >= 15 is 0 Å². The van der Waals surface area contributed by atoms with Crippen LogP contribution in [0.5, 0.6) is 0 Å². The van der Waals surface area contributed by atoms with Gasteiger partial charge in [-0.1, -0.05) is 188 Å². The quantitative estimate of drug-likeness (QED) is 0.0356. The summed E-state index contributed by atoms with van der Waals surface area (Å²) in [5.74, 6) is 0.208. The highest BCUT2D eigenvalue weighted by atomic mass is 16.1. The summed E-state index contributed by atoms with van der Waals surface area (Å²) in [6.45, 7) is 21.7. The van der Waals surface area contributed by atoms with Crippen molar-refractivity contribution < 1.29 is 9.59 Å². The number of amides is 2. The predicted octanol–water partition coefficient (Wildman–Crippen LogP) is 14.7. The minimum Gasteiger partial charge on any atom is -0.356 e. The molecule has 0 bridgehead atoms. The lowest BCUT2D eigenvalue weighted by molar-refractivity contribution is -0.121. The summed E-state index contributed by atoms with van der Waals surface area (Å²) in [6, 6.07) is 0. The van der Waals surface area contributed by atoms with Crippen molar-refractivity contribution in [3.8, 4) is 0 Å². The van der Waals surface area contributed by atoms with E-state index in [1.165, 1.54) is 167 Å². The van der Waals surface area contributed by atoms with E-state index in [9.17, 15) is 9.59 Å². The van der Waals surface area contributed by atoms with Crippen molar-refractivity contribution in [2.24, 2.45) is 5.73 Å². The molecule has 5 nitrogen and oxygen atoms in total. The second kappa shape index (κ2) is 58.7. The van der Waals surface area contributed by atoms with E-state index in [4.69, 9.17) is 5.73 Å². The number of carbonyl (C=O) groups is 2. The monoisotopic (exact) mass is 738 g/mol. The Bertz CT molecular complexity index is 658. The second-order valence-electron chi connectivity index (χ2n) is 14.2. The summed E-state index contributed by atoms with van der Waals surface area (Å²) in [4.78, 5) is 21.1. The maximum Gasteiger partial charge on any atom is 0.219 e. The Balaban J connectivity index is -0.000000219. The first-order valence-corrected chi connectivity index (χ1v) is 22.8. The zero-order valence-corrected chi connectivity index (χ0v) is 37.5. The van der Waals surface area contributed by atoms with Gasteiger partial charge >= 0.3 is 0 Å². The van der Waals surface area contributed by atoms with Crippen LogP contribution in [-0.4, -0.2) is 30.9 Å². The van der Waals surface area contributed by atoms with Crippen LogP contribution in [-0.2, 0) is 9.59 Å². The van der Waals surface area contributed by atoms with Crippen molar-refractivity contribution in [3.63, 3.8) is 0 Å². The highest BCUT2D eigenvalue weighted by molar-refractivity contribution is 5.75. The molecule has 0 rings (SSSR count). The first-order valence-electron chi connectivity index (χ1n) is 22.8. The molecule has 0 fully saturated rings. The normalized spacial score (nSPS) is 10.6. The molecule has 0 aromatic carbocycles. The van der Waals surface area contributed by atoms with Crippen LogP contribution in [0.25, 0.3) is 0 Å². The Morgan fingerprint density at radius 2 is 0.788 bits per heavy atom. The molecule has 0 aliphatic heterocycles. The van der Waals surface area contributed by atoms with Crippen LogP contribution in [0.1, 0.15) is 249 Å². The molecule has 0 heterocycles. The maximum absolute atomic E-state index is 11.3. The molecule has 0 saturated carbocycles. The number of hydrogen-bond donors (Lipinski definition) is 3. The first kappa shape index (κ1) is 59.7. The zero-order valence-electron chi connectivity index (χ0n) is 37.5. The van der Waals surface area contributed by atoms with Gasteiger partial charge in [0, 0.05) is 25.0 Å². The third kappa shape index (κ3) is 66.6. The van der Waals surface area contributed by atoms with Gasteiger partial charge in [-0.05, 0) is 78.6 Å². The Morgan fingerprint density at radius 3 is 1.04 bits per heavy atom. The minimum atomic E-state index is -0.248. The SMILES string of the molecule is CC.CC.CC(C)(CN)NC=O.CCCCCCCC/C=C\CCCCCCCC.CCCCCCCC/C=C\CCCCCCCC(=O)NCC. The van der Waals surface area contributed by atoms with Gasteiger partial charge in [0.1, 0.15) is 0 Å². The van der Waals surface area contributed by atoms with Gasteiger partial charge in [0.15, 0.2) is 0 Å². The average molecular weight is 738 g/mol. The summed E-state index contributed by atoms with van der Waals surface area (Å²) in [6.07, 6.45) is 47.5. The smallest absolute Gasteiger partial charge is 0.219 e. The molecule has 0 atom stereocenters. The van der Waals surface area contributed by atoms with Crippen molar-refractivity contribution in [1.82, 2.24) is 10.6 Å². The van der Waals surface area contributed by atoms with Gasteiger partial charge in [-0.3, -0.25) is 9.59 Å². The molecule has 0 aliphatic rings. The summed E-state index contributed by atoms with van der Waals surface area (Å²) < 4.78 is 0. The van der Waals surface area contributed by atoms with Crippen molar-refractivity contribution >= 4 is 12.3 Å². The number of carbonyl (C=O) groups excluding carboxylic acids is 2. The van der Waals surface area contributed by atoms with E-state index in [-0.39, 0.29) is 11.4 Å². The molecule has 5 heteroatoms. The maximum atomic E-state index is 11.3.